The van der Waals surface area contributed by atoms with Gasteiger partial charge >= 0.3 is 0 Å². The fraction of sp³-hybridized carbons (Fsp3) is 0.333. The van der Waals surface area contributed by atoms with Gasteiger partial charge in [0, 0.05) is 12.8 Å². The van der Waals surface area contributed by atoms with Gasteiger partial charge in [-0.2, -0.15) is 0 Å². The topological polar surface area (TPSA) is 35.1 Å². The molecule has 118 valence electrons. The van der Waals surface area contributed by atoms with Crippen LogP contribution in [0.25, 0.3) is 0 Å². The molecule has 0 aromatic heterocycles. The van der Waals surface area contributed by atoms with E-state index in [0.717, 1.165) is 37.4 Å². The lowest BCUT2D eigenvalue weighted by molar-refractivity contribution is -0.653. The summed E-state index contributed by atoms with van der Waals surface area (Å²) in [6.07, 6.45) is 2.05. The van der Waals surface area contributed by atoms with Gasteiger partial charge in [-0.3, -0.25) is 0 Å². The van der Waals surface area contributed by atoms with Crippen molar-refractivity contribution in [3.63, 3.8) is 0 Å². The number of quaternary nitrogens is 1. The predicted octanol–water partition coefficient (Wildman–Crippen LogP) is 2.71. The van der Waals surface area contributed by atoms with Crippen LogP contribution in [0.3, 0.4) is 0 Å². The monoisotopic (exact) mass is 320 g/mol. The zero-order valence-corrected chi connectivity index (χ0v) is 13.9. The molecule has 0 aliphatic carbocycles. The van der Waals surface area contributed by atoms with Crippen molar-refractivity contribution in [1.29, 1.82) is 0 Å². The second-order valence-corrected chi connectivity index (χ2v) is 5.59. The van der Waals surface area contributed by atoms with Crippen LogP contribution < -0.4 is 14.8 Å². The Kier molecular flexibility index (Phi) is 6.56. The summed E-state index contributed by atoms with van der Waals surface area (Å²) in [5.41, 5.74) is 2.56. The minimum Gasteiger partial charge on any atom is -0.497 e. The maximum atomic E-state index is 6.03. The van der Waals surface area contributed by atoms with Crippen molar-refractivity contribution >= 4 is 11.6 Å². The van der Waals surface area contributed by atoms with Gasteiger partial charge in [0.1, 0.15) is 11.5 Å². The Morgan fingerprint density at radius 1 is 0.909 bits per heavy atom. The van der Waals surface area contributed by atoms with E-state index in [1.54, 1.807) is 14.2 Å². The Bertz CT molecular complexity index is 601. The summed E-state index contributed by atoms with van der Waals surface area (Å²) < 4.78 is 10.5. The molecule has 2 aromatic rings. The van der Waals surface area contributed by atoms with Crippen LogP contribution in [0.1, 0.15) is 11.1 Å². The summed E-state index contributed by atoms with van der Waals surface area (Å²) >= 11 is 6.03. The Labute approximate surface area is 137 Å². The van der Waals surface area contributed by atoms with E-state index in [1.165, 1.54) is 11.1 Å². The van der Waals surface area contributed by atoms with E-state index < -0.39 is 0 Å². The van der Waals surface area contributed by atoms with Crippen LogP contribution in [0.15, 0.2) is 42.5 Å². The maximum Gasteiger partial charge on any atom is 0.137 e. The molecule has 0 radical (unpaired) electrons. The van der Waals surface area contributed by atoms with Gasteiger partial charge in [0.05, 0.1) is 32.3 Å². The van der Waals surface area contributed by atoms with Crippen molar-refractivity contribution in [1.82, 2.24) is 0 Å². The van der Waals surface area contributed by atoms with Crippen molar-refractivity contribution in [3.05, 3.63) is 58.6 Å². The van der Waals surface area contributed by atoms with E-state index in [9.17, 15) is 0 Å². The number of nitrogens with two attached hydrogens (primary N) is 1. The smallest absolute Gasteiger partial charge is 0.137 e. The third-order valence-electron chi connectivity index (χ3n) is 3.62. The molecule has 0 amide bonds. The van der Waals surface area contributed by atoms with Crippen molar-refractivity contribution in [2.24, 2.45) is 0 Å². The molecular formula is C18H23ClNO2+. The van der Waals surface area contributed by atoms with Gasteiger partial charge in [0.15, 0.2) is 0 Å². The van der Waals surface area contributed by atoms with E-state index >= 15 is 0 Å². The lowest BCUT2D eigenvalue weighted by atomic mass is 10.1. The van der Waals surface area contributed by atoms with E-state index in [-0.39, 0.29) is 0 Å². The summed E-state index contributed by atoms with van der Waals surface area (Å²) in [6, 6.07) is 14.2. The quantitative estimate of drug-likeness (QED) is 0.759. The summed E-state index contributed by atoms with van der Waals surface area (Å²) in [7, 11) is 3.34. The van der Waals surface area contributed by atoms with Crippen LogP contribution in [0, 0.1) is 0 Å². The molecule has 0 heterocycles. The van der Waals surface area contributed by atoms with Crippen LogP contribution in [-0.4, -0.2) is 27.3 Å². The van der Waals surface area contributed by atoms with Gasteiger partial charge in [-0.05, 0) is 35.4 Å². The number of hydrogen-bond donors (Lipinski definition) is 1. The van der Waals surface area contributed by atoms with Crippen LogP contribution in [0.2, 0.25) is 5.02 Å². The predicted molar refractivity (Wildman–Crippen MR) is 90.1 cm³/mol. The van der Waals surface area contributed by atoms with Gasteiger partial charge < -0.3 is 14.8 Å². The molecule has 0 spiro atoms. The molecular weight excluding hydrogens is 298 g/mol. The molecule has 0 saturated heterocycles. The fourth-order valence-electron chi connectivity index (χ4n) is 2.37. The normalized spacial score (nSPS) is 10.5. The van der Waals surface area contributed by atoms with Gasteiger partial charge in [0.25, 0.3) is 0 Å². The molecule has 0 fully saturated rings. The highest BCUT2D eigenvalue weighted by Crippen LogP contribution is 2.24. The van der Waals surface area contributed by atoms with Crippen LogP contribution in [-0.2, 0) is 12.8 Å². The second kappa shape index (κ2) is 8.66. The summed E-state index contributed by atoms with van der Waals surface area (Å²) in [4.78, 5) is 0. The van der Waals surface area contributed by atoms with E-state index in [1.807, 2.05) is 24.3 Å². The van der Waals surface area contributed by atoms with E-state index in [2.05, 4.69) is 23.5 Å². The number of hydrogen-bond acceptors (Lipinski definition) is 2. The summed E-state index contributed by atoms with van der Waals surface area (Å²) in [6.45, 7) is 2.12. The molecule has 22 heavy (non-hydrogen) atoms. The van der Waals surface area contributed by atoms with Gasteiger partial charge in [-0.1, -0.05) is 29.8 Å². The van der Waals surface area contributed by atoms with Crippen LogP contribution in [0.4, 0.5) is 0 Å². The number of benzene rings is 2. The molecule has 4 heteroatoms. The molecule has 0 atom stereocenters. The number of halogens is 1. The van der Waals surface area contributed by atoms with Crippen LogP contribution in [0.5, 0.6) is 11.5 Å². The molecule has 3 nitrogen and oxygen atoms in total. The zero-order chi connectivity index (χ0) is 15.8. The minimum absolute atomic E-state index is 0.660. The fourth-order valence-corrected chi connectivity index (χ4v) is 2.56. The highest BCUT2D eigenvalue weighted by molar-refractivity contribution is 6.32. The minimum atomic E-state index is 0.660. The summed E-state index contributed by atoms with van der Waals surface area (Å²) in [5.74, 6) is 1.67. The standard InChI is InChI=1S/C18H22ClNO2/c1-21-16-5-3-4-14(12-16)8-10-20-11-9-15-6-7-17(19)18(13-15)22-2/h3-7,12-13,20H,8-11H2,1-2H3/p+1. The first-order valence-electron chi connectivity index (χ1n) is 7.50. The molecule has 0 bridgehead atoms. The SMILES string of the molecule is COc1cccc(CC[NH2+]CCc2ccc(Cl)c(OC)c2)c1. The number of ether oxygens (including phenoxy) is 2. The van der Waals surface area contributed by atoms with Crippen LogP contribution >= 0.6 is 11.6 Å². The highest BCUT2D eigenvalue weighted by Gasteiger charge is 2.03. The number of methoxy groups -OCH3 is 2. The first-order valence-corrected chi connectivity index (χ1v) is 7.87. The van der Waals surface area contributed by atoms with Gasteiger partial charge in [-0.15, -0.1) is 0 Å². The zero-order valence-electron chi connectivity index (χ0n) is 13.1. The molecule has 0 aliphatic heterocycles. The molecule has 0 saturated carbocycles. The lowest BCUT2D eigenvalue weighted by Crippen LogP contribution is -2.85. The molecule has 2 aromatic carbocycles. The van der Waals surface area contributed by atoms with Gasteiger partial charge in [0.2, 0.25) is 0 Å². The average molecular weight is 321 g/mol. The summed E-state index contributed by atoms with van der Waals surface area (Å²) in [5, 5.41) is 2.99. The van der Waals surface area contributed by atoms with E-state index in [0.29, 0.717) is 5.02 Å². The largest absolute Gasteiger partial charge is 0.497 e. The Hall–Kier alpha value is -1.71. The molecule has 0 aliphatic rings. The molecule has 0 unspecified atom stereocenters. The van der Waals surface area contributed by atoms with E-state index in [4.69, 9.17) is 21.1 Å². The van der Waals surface area contributed by atoms with Crippen molar-refractivity contribution < 1.29 is 14.8 Å². The molecule has 2 N–H and O–H groups in total. The first-order chi connectivity index (χ1) is 10.7. The Morgan fingerprint density at radius 3 is 2.32 bits per heavy atom. The lowest BCUT2D eigenvalue weighted by Gasteiger charge is -2.07. The highest BCUT2D eigenvalue weighted by atomic mass is 35.5. The third kappa shape index (κ3) is 4.93. The maximum absolute atomic E-state index is 6.03. The van der Waals surface area contributed by atoms with Crippen molar-refractivity contribution in [3.8, 4) is 11.5 Å². The molecule has 2 rings (SSSR count). The third-order valence-corrected chi connectivity index (χ3v) is 3.94. The van der Waals surface area contributed by atoms with Crippen molar-refractivity contribution in [2.75, 3.05) is 27.3 Å². The average Bonchev–Trinajstić information content (AvgIpc) is 2.56. The Morgan fingerprint density at radius 2 is 1.64 bits per heavy atom. The second-order valence-electron chi connectivity index (χ2n) is 5.19. The first kappa shape index (κ1) is 16.7. The van der Waals surface area contributed by atoms with Gasteiger partial charge in [-0.25, -0.2) is 0 Å². The van der Waals surface area contributed by atoms with Crippen molar-refractivity contribution in [2.45, 2.75) is 12.8 Å². The number of rotatable bonds is 8. The Balaban J connectivity index is 1.73.